The summed E-state index contributed by atoms with van der Waals surface area (Å²) < 4.78 is 10.9. The maximum absolute atomic E-state index is 11.6. The van der Waals surface area contributed by atoms with Gasteiger partial charge >= 0.3 is 0 Å². The summed E-state index contributed by atoms with van der Waals surface area (Å²) in [4.78, 5) is 23.1. The van der Waals surface area contributed by atoms with Crippen molar-refractivity contribution in [1.82, 2.24) is 10.6 Å². The number of benzene rings is 1. The summed E-state index contributed by atoms with van der Waals surface area (Å²) in [7, 11) is 1.54. The van der Waals surface area contributed by atoms with E-state index >= 15 is 0 Å². The zero-order valence-electron chi connectivity index (χ0n) is 13.0. The summed E-state index contributed by atoms with van der Waals surface area (Å²) in [6.45, 7) is 2.51. The molecule has 8 heteroatoms. The third kappa shape index (κ3) is 6.15. The van der Waals surface area contributed by atoms with Crippen LogP contribution in [0, 0.1) is 0 Å². The molecule has 1 aromatic carbocycles. The predicted molar refractivity (Wildman–Crippen MR) is 89.2 cm³/mol. The first-order valence-corrected chi connectivity index (χ1v) is 8.14. The van der Waals surface area contributed by atoms with Crippen molar-refractivity contribution in [3.63, 3.8) is 0 Å². The maximum atomic E-state index is 11.6. The molecule has 2 amide bonds. The Kier molecular flexibility index (Phi) is 8.58. The van der Waals surface area contributed by atoms with E-state index in [4.69, 9.17) is 32.7 Å². The second kappa shape index (κ2) is 10.2. The van der Waals surface area contributed by atoms with Gasteiger partial charge < -0.3 is 20.1 Å². The van der Waals surface area contributed by atoms with Crippen molar-refractivity contribution in [3.05, 3.63) is 23.8 Å². The van der Waals surface area contributed by atoms with Crippen LogP contribution in [0.2, 0.25) is 0 Å². The van der Waals surface area contributed by atoms with E-state index in [0.29, 0.717) is 23.7 Å². The lowest BCUT2D eigenvalue weighted by molar-refractivity contribution is -0.122. The SMILES string of the molecule is CCCOc1cc(C(NC(=O)CCl)NC(=O)CCl)ccc1OC. The molecule has 0 aliphatic carbocycles. The summed E-state index contributed by atoms with van der Waals surface area (Å²) in [5, 5.41) is 5.22. The number of nitrogens with one attached hydrogen (secondary N) is 2. The number of rotatable bonds is 9. The van der Waals surface area contributed by atoms with Crippen LogP contribution >= 0.6 is 23.2 Å². The molecule has 0 fully saturated rings. The second-order valence-corrected chi connectivity index (χ2v) is 5.13. The minimum absolute atomic E-state index is 0.220. The molecule has 0 aliphatic heterocycles. The van der Waals surface area contributed by atoms with Crippen molar-refractivity contribution in [2.24, 2.45) is 0 Å². The van der Waals surface area contributed by atoms with Gasteiger partial charge in [0.2, 0.25) is 11.8 Å². The van der Waals surface area contributed by atoms with Crippen molar-refractivity contribution in [2.45, 2.75) is 19.5 Å². The lowest BCUT2D eigenvalue weighted by atomic mass is 10.1. The third-order valence-electron chi connectivity index (χ3n) is 2.84. The average molecular weight is 363 g/mol. The highest BCUT2D eigenvalue weighted by Crippen LogP contribution is 2.30. The molecule has 0 radical (unpaired) electrons. The highest BCUT2D eigenvalue weighted by molar-refractivity contribution is 6.27. The van der Waals surface area contributed by atoms with Crippen LogP contribution in [0.3, 0.4) is 0 Å². The molecule has 128 valence electrons. The van der Waals surface area contributed by atoms with Crippen LogP contribution in [0.4, 0.5) is 0 Å². The largest absolute Gasteiger partial charge is 0.493 e. The number of hydrogen-bond acceptors (Lipinski definition) is 4. The molecule has 1 rings (SSSR count). The van der Waals surface area contributed by atoms with Crippen LogP contribution < -0.4 is 20.1 Å². The molecule has 1 aromatic rings. The van der Waals surface area contributed by atoms with E-state index in [2.05, 4.69) is 10.6 Å². The van der Waals surface area contributed by atoms with E-state index in [1.807, 2.05) is 6.92 Å². The Morgan fingerprint density at radius 1 is 1.13 bits per heavy atom. The molecule has 2 N–H and O–H groups in total. The monoisotopic (exact) mass is 362 g/mol. The molecule has 0 heterocycles. The lowest BCUT2D eigenvalue weighted by Gasteiger charge is -2.21. The molecule has 0 saturated carbocycles. The van der Waals surface area contributed by atoms with Crippen molar-refractivity contribution in [1.29, 1.82) is 0 Å². The number of alkyl halides is 2. The molecular weight excluding hydrogens is 343 g/mol. The summed E-state index contributed by atoms with van der Waals surface area (Å²) in [6.07, 6.45) is 0.0744. The number of amides is 2. The number of methoxy groups -OCH3 is 1. The molecule has 0 saturated heterocycles. The Balaban J connectivity index is 3.07. The van der Waals surface area contributed by atoms with Crippen LogP contribution in [-0.4, -0.2) is 37.3 Å². The zero-order chi connectivity index (χ0) is 17.2. The van der Waals surface area contributed by atoms with Crippen molar-refractivity contribution < 1.29 is 19.1 Å². The van der Waals surface area contributed by atoms with Gasteiger partial charge in [0, 0.05) is 0 Å². The molecule has 6 nitrogen and oxygen atoms in total. The van der Waals surface area contributed by atoms with Crippen LogP contribution in [0.1, 0.15) is 25.1 Å². The van der Waals surface area contributed by atoms with Gasteiger partial charge in [-0.1, -0.05) is 13.0 Å². The molecule has 0 aromatic heterocycles. The van der Waals surface area contributed by atoms with E-state index in [0.717, 1.165) is 6.42 Å². The third-order valence-corrected chi connectivity index (χ3v) is 3.32. The van der Waals surface area contributed by atoms with Crippen LogP contribution in [0.5, 0.6) is 11.5 Å². The van der Waals surface area contributed by atoms with Gasteiger partial charge in [0.1, 0.15) is 17.9 Å². The summed E-state index contributed by atoms with van der Waals surface area (Å²) in [5.74, 6) is -0.187. The van der Waals surface area contributed by atoms with E-state index in [1.165, 1.54) is 7.11 Å². The molecular formula is C15H20Cl2N2O4. The molecule has 0 aliphatic rings. The first-order valence-electron chi connectivity index (χ1n) is 7.07. The van der Waals surface area contributed by atoms with Crippen molar-refractivity contribution in [3.8, 4) is 11.5 Å². The van der Waals surface area contributed by atoms with Gasteiger partial charge in [-0.2, -0.15) is 0 Å². The Labute approximate surface area is 145 Å². The summed E-state index contributed by atoms with van der Waals surface area (Å²) in [5.41, 5.74) is 0.619. The van der Waals surface area contributed by atoms with E-state index in [1.54, 1.807) is 18.2 Å². The Morgan fingerprint density at radius 2 is 1.74 bits per heavy atom. The average Bonchev–Trinajstić information content (AvgIpc) is 2.58. The van der Waals surface area contributed by atoms with Crippen LogP contribution in [0.25, 0.3) is 0 Å². The summed E-state index contributed by atoms with van der Waals surface area (Å²) in [6, 6.07) is 5.11. The molecule has 0 atom stereocenters. The van der Waals surface area contributed by atoms with Gasteiger partial charge in [0.25, 0.3) is 0 Å². The van der Waals surface area contributed by atoms with Crippen LogP contribution in [-0.2, 0) is 9.59 Å². The Morgan fingerprint density at radius 3 is 2.22 bits per heavy atom. The Bertz CT molecular complexity index is 522. The minimum atomic E-state index is -0.762. The number of ether oxygens (including phenoxy) is 2. The highest BCUT2D eigenvalue weighted by Gasteiger charge is 2.18. The van der Waals surface area contributed by atoms with Gasteiger partial charge in [-0.05, 0) is 24.1 Å². The topological polar surface area (TPSA) is 76.7 Å². The van der Waals surface area contributed by atoms with E-state index in [-0.39, 0.29) is 11.8 Å². The van der Waals surface area contributed by atoms with Crippen molar-refractivity contribution >= 4 is 35.0 Å². The van der Waals surface area contributed by atoms with Gasteiger partial charge in [0.15, 0.2) is 11.5 Å². The van der Waals surface area contributed by atoms with Gasteiger partial charge in [-0.3, -0.25) is 9.59 Å². The van der Waals surface area contributed by atoms with Gasteiger partial charge in [0.05, 0.1) is 13.7 Å². The number of carbonyl (C=O) groups excluding carboxylic acids is 2. The molecule has 0 spiro atoms. The molecule has 0 unspecified atom stereocenters. The normalized spacial score (nSPS) is 10.3. The second-order valence-electron chi connectivity index (χ2n) is 4.59. The fraction of sp³-hybridized carbons (Fsp3) is 0.467. The Hall–Kier alpha value is -1.66. The lowest BCUT2D eigenvalue weighted by Crippen LogP contribution is -2.42. The van der Waals surface area contributed by atoms with Gasteiger partial charge in [-0.25, -0.2) is 0 Å². The number of hydrogen-bond donors (Lipinski definition) is 2. The van der Waals surface area contributed by atoms with Gasteiger partial charge in [-0.15, -0.1) is 23.2 Å². The van der Waals surface area contributed by atoms with Crippen LogP contribution in [0.15, 0.2) is 18.2 Å². The minimum Gasteiger partial charge on any atom is -0.493 e. The first-order chi connectivity index (χ1) is 11.0. The fourth-order valence-corrected chi connectivity index (χ4v) is 1.95. The summed E-state index contributed by atoms with van der Waals surface area (Å²) >= 11 is 11.0. The predicted octanol–water partition coefficient (Wildman–Crippen LogP) is 2.19. The van der Waals surface area contributed by atoms with E-state index in [9.17, 15) is 9.59 Å². The maximum Gasteiger partial charge on any atom is 0.236 e. The molecule has 0 bridgehead atoms. The molecule has 23 heavy (non-hydrogen) atoms. The standard InChI is InChI=1S/C15H20Cl2N2O4/c1-3-6-23-12-7-10(4-5-11(12)22-2)15(18-13(20)8-16)19-14(21)9-17/h4-5,7,15H,3,6,8-9H2,1-2H3,(H,18,20)(H,19,21). The highest BCUT2D eigenvalue weighted by atomic mass is 35.5. The smallest absolute Gasteiger partial charge is 0.236 e. The fourth-order valence-electron chi connectivity index (χ4n) is 1.80. The zero-order valence-corrected chi connectivity index (χ0v) is 14.5. The van der Waals surface area contributed by atoms with E-state index < -0.39 is 18.0 Å². The number of halogens is 2. The number of carbonyl (C=O) groups is 2. The first kappa shape index (κ1) is 19.4. The van der Waals surface area contributed by atoms with Crippen molar-refractivity contribution in [2.75, 3.05) is 25.5 Å². The quantitative estimate of drug-likeness (QED) is 0.521.